The fraction of sp³-hybridized carbons (Fsp3) is 0.538. The lowest BCUT2D eigenvalue weighted by Gasteiger charge is -2.24. The monoisotopic (exact) mass is 240 g/mol. The third-order valence-corrected chi connectivity index (χ3v) is 2.67. The van der Waals surface area contributed by atoms with Crippen molar-refractivity contribution in [3.8, 4) is 0 Å². The van der Waals surface area contributed by atoms with Gasteiger partial charge in [0.05, 0.1) is 6.61 Å². The zero-order valence-corrected chi connectivity index (χ0v) is 10.7. The number of halogens is 1. The van der Waals surface area contributed by atoms with Gasteiger partial charge in [-0.05, 0) is 26.0 Å². The van der Waals surface area contributed by atoms with E-state index in [0.717, 1.165) is 12.2 Å². The van der Waals surface area contributed by atoms with Crippen LogP contribution in [0.4, 0.5) is 10.1 Å². The van der Waals surface area contributed by atoms with E-state index in [-0.39, 0.29) is 11.9 Å². The van der Waals surface area contributed by atoms with Gasteiger partial charge in [0.1, 0.15) is 5.82 Å². The molecule has 0 aliphatic rings. The second-order valence-electron chi connectivity index (χ2n) is 4.08. The van der Waals surface area contributed by atoms with Crippen molar-refractivity contribution in [3.63, 3.8) is 0 Å². The van der Waals surface area contributed by atoms with Crippen LogP contribution >= 0.6 is 0 Å². The second kappa shape index (κ2) is 6.57. The molecule has 0 aliphatic heterocycles. The van der Waals surface area contributed by atoms with Crippen molar-refractivity contribution in [1.29, 1.82) is 0 Å². The molecule has 0 saturated heterocycles. The molecule has 3 nitrogen and oxygen atoms in total. The van der Waals surface area contributed by atoms with Gasteiger partial charge in [-0.3, -0.25) is 0 Å². The van der Waals surface area contributed by atoms with Crippen LogP contribution in [0.1, 0.15) is 25.5 Å². The van der Waals surface area contributed by atoms with E-state index < -0.39 is 0 Å². The van der Waals surface area contributed by atoms with E-state index in [1.807, 2.05) is 24.9 Å². The lowest BCUT2D eigenvalue weighted by Crippen LogP contribution is -2.25. The van der Waals surface area contributed by atoms with Gasteiger partial charge in [0.15, 0.2) is 0 Å². The van der Waals surface area contributed by atoms with Crippen LogP contribution < -0.4 is 10.6 Å². The number of rotatable bonds is 6. The molecule has 1 atom stereocenters. The predicted molar refractivity (Wildman–Crippen MR) is 68.8 cm³/mol. The molecule has 0 amide bonds. The molecule has 0 aromatic heterocycles. The van der Waals surface area contributed by atoms with Crippen LogP contribution in [0, 0.1) is 5.82 Å². The van der Waals surface area contributed by atoms with Crippen LogP contribution in [0.5, 0.6) is 0 Å². The zero-order valence-electron chi connectivity index (χ0n) is 10.7. The van der Waals surface area contributed by atoms with E-state index in [1.54, 1.807) is 13.0 Å². The smallest absolute Gasteiger partial charge is 0.130 e. The Hall–Kier alpha value is -1.13. The summed E-state index contributed by atoms with van der Waals surface area (Å²) in [5.74, 6) is -0.249. The fourth-order valence-corrected chi connectivity index (χ4v) is 1.78. The van der Waals surface area contributed by atoms with Crippen molar-refractivity contribution in [2.24, 2.45) is 5.73 Å². The lowest BCUT2D eigenvalue weighted by atomic mass is 10.1. The zero-order chi connectivity index (χ0) is 12.8. The van der Waals surface area contributed by atoms with Gasteiger partial charge in [0.2, 0.25) is 0 Å². The maximum atomic E-state index is 13.7. The summed E-state index contributed by atoms with van der Waals surface area (Å²) in [6, 6.07) is 4.71. The molecular formula is C13H21FN2O. The second-order valence-corrected chi connectivity index (χ2v) is 4.08. The summed E-state index contributed by atoms with van der Waals surface area (Å²) in [5.41, 5.74) is 7.20. The summed E-state index contributed by atoms with van der Waals surface area (Å²) in [6.07, 6.45) is 0. The van der Waals surface area contributed by atoms with Crippen molar-refractivity contribution in [2.75, 3.05) is 31.7 Å². The Morgan fingerprint density at radius 2 is 2.18 bits per heavy atom. The van der Waals surface area contributed by atoms with Gasteiger partial charge in [0, 0.05) is 37.5 Å². The summed E-state index contributed by atoms with van der Waals surface area (Å²) in [7, 11) is 1.92. The first-order valence-electron chi connectivity index (χ1n) is 5.90. The van der Waals surface area contributed by atoms with Crippen molar-refractivity contribution >= 4 is 5.69 Å². The molecule has 0 fully saturated rings. The summed E-state index contributed by atoms with van der Waals surface area (Å²) in [4.78, 5) is 1.97. The van der Waals surface area contributed by atoms with E-state index in [4.69, 9.17) is 10.5 Å². The van der Waals surface area contributed by atoms with Gasteiger partial charge in [0.25, 0.3) is 0 Å². The Bertz CT molecular complexity index is 355. The third-order valence-electron chi connectivity index (χ3n) is 2.67. The Balaban J connectivity index is 2.85. The van der Waals surface area contributed by atoms with E-state index >= 15 is 0 Å². The van der Waals surface area contributed by atoms with E-state index in [2.05, 4.69) is 0 Å². The normalized spacial score (nSPS) is 12.5. The number of hydrogen-bond donors (Lipinski definition) is 1. The maximum absolute atomic E-state index is 13.7. The van der Waals surface area contributed by atoms with Gasteiger partial charge in [-0.1, -0.05) is 6.07 Å². The van der Waals surface area contributed by atoms with E-state index in [0.29, 0.717) is 18.8 Å². The summed E-state index contributed by atoms with van der Waals surface area (Å²) < 4.78 is 19.0. The molecule has 1 rings (SSSR count). The molecule has 0 radical (unpaired) electrons. The maximum Gasteiger partial charge on any atom is 0.130 e. The van der Waals surface area contributed by atoms with Gasteiger partial charge < -0.3 is 15.4 Å². The van der Waals surface area contributed by atoms with Crippen molar-refractivity contribution in [3.05, 3.63) is 29.6 Å². The molecule has 0 spiro atoms. The highest BCUT2D eigenvalue weighted by Crippen LogP contribution is 2.26. The van der Waals surface area contributed by atoms with Crippen LogP contribution in [0.3, 0.4) is 0 Å². The minimum absolute atomic E-state index is 0.249. The Morgan fingerprint density at radius 1 is 1.47 bits per heavy atom. The van der Waals surface area contributed by atoms with E-state index in [9.17, 15) is 4.39 Å². The molecule has 0 aliphatic carbocycles. The molecule has 0 saturated carbocycles. The molecule has 1 aromatic rings. The van der Waals surface area contributed by atoms with Gasteiger partial charge >= 0.3 is 0 Å². The third kappa shape index (κ3) is 3.68. The number of anilines is 1. The quantitative estimate of drug-likeness (QED) is 0.775. The first-order valence-corrected chi connectivity index (χ1v) is 5.90. The Kier molecular flexibility index (Phi) is 5.38. The van der Waals surface area contributed by atoms with Crippen LogP contribution in [-0.2, 0) is 4.74 Å². The number of likely N-dealkylation sites (N-methyl/N-ethyl adjacent to an activating group) is 1. The summed E-state index contributed by atoms with van der Waals surface area (Å²) in [6.45, 7) is 5.78. The van der Waals surface area contributed by atoms with Crippen molar-refractivity contribution < 1.29 is 9.13 Å². The number of ether oxygens (including phenoxy) is 1. The van der Waals surface area contributed by atoms with Crippen LogP contribution in [0.2, 0.25) is 0 Å². The number of benzene rings is 1. The van der Waals surface area contributed by atoms with Crippen molar-refractivity contribution in [1.82, 2.24) is 0 Å². The lowest BCUT2D eigenvalue weighted by molar-refractivity contribution is 0.154. The standard InChI is InChI=1S/C13H21FN2O/c1-4-17-9-8-16(3)12-7-5-6-11(14)13(12)10(2)15/h5-7,10H,4,8-9,15H2,1-3H3. The number of nitrogens with two attached hydrogens (primary N) is 1. The van der Waals surface area contributed by atoms with E-state index in [1.165, 1.54) is 6.07 Å². The summed E-state index contributed by atoms with van der Waals surface area (Å²) >= 11 is 0. The number of hydrogen-bond acceptors (Lipinski definition) is 3. The topological polar surface area (TPSA) is 38.5 Å². The highest BCUT2D eigenvalue weighted by molar-refractivity contribution is 5.54. The SMILES string of the molecule is CCOCCN(C)c1cccc(F)c1C(C)N. The minimum atomic E-state index is -0.319. The molecule has 17 heavy (non-hydrogen) atoms. The highest BCUT2D eigenvalue weighted by atomic mass is 19.1. The highest BCUT2D eigenvalue weighted by Gasteiger charge is 2.14. The van der Waals surface area contributed by atoms with Crippen LogP contribution in [-0.4, -0.2) is 26.8 Å². The molecule has 1 aromatic carbocycles. The van der Waals surface area contributed by atoms with Gasteiger partial charge in [-0.2, -0.15) is 0 Å². The predicted octanol–water partition coefficient (Wildman–Crippen LogP) is 2.32. The molecule has 2 N–H and O–H groups in total. The molecule has 4 heteroatoms. The average molecular weight is 240 g/mol. The first-order chi connectivity index (χ1) is 8.07. The van der Waals surface area contributed by atoms with Gasteiger partial charge in [-0.25, -0.2) is 4.39 Å². The molecule has 0 bridgehead atoms. The molecular weight excluding hydrogens is 219 g/mol. The molecule has 1 unspecified atom stereocenters. The van der Waals surface area contributed by atoms with Crippen LogP contribution in [0.15, 0.2) is 18.2 Å². The fourth-order valence-electron chi connectivity index (χ4n) is 1.78. The largest absolute Gasteiger partial charge is 0.380 e. The average Bonchev–Trinajstić information content (AvgIpc) is 2.28. The number of nitrogens with zero attached hydrogens (tertiary/aromatic N) is 1. The van der Waals surface area contributed by atoms with Crippen LogP contribution in [0.25, 0.3) is 0 Å². The molecule has 0 heterocycles. The first kappa shape index (κ1) is 13.9. The summed E-state index contributed by atoms with van der Waals surface area (Å²) in [5, 5.41) is 0. The molecule has 96 valence electrons. The Morgan fingerprint density at radius 3 is 2.76 bits per heavy atom. The van der Waals surface area contributed by atoms with Crippen molar-refractivity contribution in [2.45, 2.75) is 19.9 Å². The Labute approximate surface area is 102 Å². The van der Waals surface area contributed by atoms with Gasteiger partial charge in [-0.15, -0.1) is 0 Å². The minimum Gasteiger partial charge on any atom is -0.380 e.